The Morgan fingerprint density at radius 1 is 1.00 bits per heavy atom. The maximum atomic E-state index is 3.22. The van der Waals surface area contributed by atoms with Crippen molar-refractivity contribution in [2.45, 2.75) is 0 Å². The van der Waals surface area contributed by atoms with Crippen LogP contribution in [0.15, 0.2) is 0 Å². The summed E-state index contributed by atoms with van der Waals surface area (Å²) in [6, 6.07) is 0. The van der Waals surface area contributed by atoms with Crippen molar-refractivity contribution in [3.8, 4) is 0 Å². The molecule has 0 nitrogen and oxygen atoms in total. The van der Waals surface area contributed by atoms with Crippen LogP contribution in [0.25, 0.3) is 0 Å². The molecule has 0 spiro atoms. The average molecular weight is 326 g/mol. The molecule has 0 aliphatic carbocycles. The SMILES string of the molecule is SS.[PbH2].[V]. The van der Waals surface area contributed by atoms with E-state index in [0.29, 0.717) is 0 Å². The Bertz CT molecular complexity index is 6.00. The number of rotatable bonds is 0. The van der Waals surface area contributed by atoms with Gasteiger partial charge in [-0.3, -0.25) is 0 Å². The van der Waals surface area contributed by atoms with E-state index in [0.717, 1.165) is 0 Å². The number of thiol groups is 2. The number of hydrogen-bond acceptors (Lipinski definition) is 2. The smallest absolute Gasteiger partial charge is 0 e. The Morgan fingerprint density at radius 3 is 1.00 bits per heavy atom. The third-order valence-corrected chi connectivity index (χ3v) is 0. The molecular weight excluding hydrogens is 322 g/mol. The van der Waals surface area contributed by atoms with Crippen LogP contribution in [-0.4, -0.2) is 27.3 Å². The summed E-state index contributed by atoms with van der Waals surface area (Å²) >= 11 is 6.44. The molecule has 0 rings (SSSR count). The van der Waals surface area contributed by atoms with Gasteiger partial charge >= 0.3 is 27.3 Å². The summed E-state index contributed by atoms with van der Waals surface area (Å²) in [7, 11) is 0. The fourth-order valence-electron chi connectivity index (χ4n) is 0. The van der Waals surface area contributed by atoms with E-state index in [1.807, 2.05) is 0 Å². The van der Waals surface area contributed by atoms with Crippen LogP contribution >= 0.6 is 23.3 Å². The van der Waals surface area contributed by atoms with Gasteiger partial charge in [-0.15, -0.1) is 23.3 Å². The molecule has 0 fully saturated rings. The minimum atomic E-state index is 0. The van der Waals surface area contributed by atoms with Gasteiger partial charge in [0.15, 0.2) is 0 Å². The van der Waals surface area contributed by atoms with Gasteiger partial charge < -0.3 is 0 Å². The molecular formula is H4PbS2V. The third kappa shape index (κ3) is 8.88. The molecule has 25 valence electrons. The summed E-state index contributed by atoms with van der Waals surface area (Å²) in [5.74, 6) is 0. The summed E-state index contributed by atoms with van der Waals surface area (Å²) in [5.41, 5.74) is 0. The molecule has 0 saturated heterocycles. The van der Waals surface area contributed by atoms with Crippen molar-refractivity contribution >= 4 is 50.6 Å². The second kappa shape index (κ2) is 18.9. The van der Waals surface area contributed by atoms with Gasteiger partial charge in [0, 0.05) is 18.6 Å². The maximum Gasteiger partial charge on any atom is 0 e. The molecule has 4 heteroatoms. The summed E-state index contributed by atoms with van der Waals surface area (Å²) in [5, 5.41) is 0. The molecule has 0 aromatic heterocycles. The summed E-state index contributed by atoms with van der Waals surface area (Å²) in [6.45, 7) is 0. The van der Waals surface area contributed by atoms with Crippen LogP contribution in [0.4, 0.5) is 0 Å². The van der Waals surface area contributed by atoms with E-state index >= 15 is 0 Å². The molecule has 0 saturated carbocycles. The maximum absolute atomic E-state index is 3.22. The van der Waals surface area contributed by atoms with Gasteiger partial charge in [-0.05, 0) is 0 Å². The van der Waals surface area contributed by atoms with Gasteiger partial charge in [-0.25, -0.2) is 0 Å². The molecule has 0 aromatic carbocycles. The second-order valence-corrected chi connectivity index (χ2v) is 0. The predicted octanol–water partition coefficient (Wildman–Crippen LogP) is -0.158. The van der Waals surface area contributed by atoms with Crippen molar-refractivity contribution in [1.82, 2.24) is 0 Å². The molecule has 0 bridgehead atoms. The summed E-state index contributed by atoms with van der Waals surface area (Å²) < 4.78 is 0. The molecule has 0 aromatic rings. The van der Waals surface area contributed by atoms with Crippen molar-refractivity contribution in [3.63, 3.8) is 0 Å². The molecule has 4 heavy (non-hydrogen) atoms. The summed E-state index contributed by atoms with van der Waals surface area (Å²) in [4.78, 5) is 0. The molecule has 0 heterocycles. The van der Waals surface area contributed by atoms with E-state index in [1.165, 1.54) is 0 Å². The van der Waals surface area contributed by atoms with Crippen molar-refractivity contribution in [2.24, 2.45) is 0 Å². The number of hydrogen-bond donors (Lipinski definition) is 2. The molecule has 0 unspecified atom stereocenters. The fraction of sp³-hybridized carbons (Fsp3) is 0. The summed E-state index contributed by atoms with van der Waals surface area (Å²) in [6.07, 6.45) is 0. The molecule has 0 aliphatic rings. The van der Waals surface area contributed by atoms with Crippen LogP contribution < -0.4 is 0 Å². The van der Waals surface area contributed by atoms with Crippen LogP contribution in [0.1, 0.15) is 0 Å². The van der Waals surface area contributed by atoms with E-state index in [1.54, 1.807) is 0 Å². The monoisotopic (exact) mass is 327 g/mol. The van der Waals surface area contributed by atoms with Gasteiger partial charge in [-0.2, -0.15) is 0 Å². The zero-order valence-corrected chi connectivity index (χ0v) is 10.7. The Labute approximate surface area is 68.4 Å². The normalized spacial score (nSPS) is 1.50. The van der Waals surface area contributed by atoms with E-state index < -0.39 is 0 Å². The van der Waals surface area contributed by atoms with Gasteiger partial charge in [0.1, 0.15) is 0 Å². The first kappa shape index (κ1) is 16.4. The van der Waals surface area contributed by atoms with Crippen LogP contribution in [-0.2, 0) is 18.6 Å². The van der Waals surface area contributed by atoms with Crippen LogP contribution in [0.3, 0.4) is 0 Å². The quantitative estimate of drug-likeness (QED) is 0.345. The van der Waals surface area contributed by atoms with Crippen molar-refractivity contribution in [1.29, 1.82) is 0 Å². The van der Waals surface area contributed by atoms with Gasteiger partial charge in [0.05, 0.1) is 0 Å². The van der Waals surface area contributed by atoms with Gasteiger partial charge in [0.25, 0.3) is 0 Å². The van der Waals surface area contributed by atoms with Crippen LogP contribution in [0.5, 0.6) is 0 Å². The topological polar surface area (TPSA) is 0 Å². The first-order valence-electron chi connectivity index (χ1n) is 0.200. The Kier molecular flexibility index (Phi) is 77.4. The van der Waals surface area contributed by atoms with E-state index in [4.69, 9.17) is 0 Å². The van der Waals surface area contributed by atoms with Crippen LogP contribution in [0, 0.1) is 0 Å². The molecule has 0 amide bonds. The van der Waals surface area contributed by atoms with Crippen molar-refractivity contribution in [2.75, 3.05) is 0 Å². The zero-order chi connectivity index (χ0) is 2.00. The second-order valence-electron chi connectivity index (χ2n) is 0. The van der Waals surface area contributed by atoms with E-state index in [-0.39, 0.29) is 45.9 Å². The average Bonchev–Trinajstić information content (AvgIpc) is 1.00. The predicted molar refractivity (Wildman–Crippen MR) is 26.5 cm³/mol. The third-order valence-electron chi connectivity index (χ3n) is 0. The molecule has 0 aliphatic heterocycles. The molecule has 0 atom stereocenters. The van der Waals surface area contributed by atoms with Crippen LogP contribution in [0.2, 0.25) is 0 Å². The van der Waals surface area contributed by atoms with Gasteiger partial charge in [-0.1, -0.05) is 0 Å². The van der Waals surface area contributed by atoms with E-state index in [9.17, 15) is 0 Å². The Balaban J connectivity index is -0.00000000500. The van der Waals surface area contributed by atoms with E-state index in [2.05, 4.69) is 23.3 Å². The van der Waals surface area contributed by atoms with Crippen molar-refractivity contribution < 1.29 is 18.6 Å². The first-order chi connectivity index (χ1) is 1.00. The zero-order valence-electron chi connectivity index (χ0n) is 2.05. The molecule has 3 radical (unpaired) electrons. The first-order valence-corrected chi connectivity index (χ1v) is 1.80. The largest absolute Gasteiger partial charge is 0 e. The Hall–Kier alpha value is 2.21. The molecule has 0 N–H and O–H groups in total. The standard InChI is InChI=1S/Pb.H2S2.V.2H/c;1-2;;;/h;1-2H;;;. The fourth-order valence-corrected chi connectivity index (χ4v) is 0. The van der Waals surface area contributed by atoms with Gasteiger partial charge in [0.2, 0.25) is 0 Å². The minimum absolute atomic E-state index is 0. The minimum Gasteiger partial charge on any atom is 0 e. The van der Waals surface area contributed by atoms with Crippen molar-refractivity contribution in [3.05, 3.63) is 0 Å². The Morgan fingerprint density at radius 2 is 1.00 bits per heavy atom.